The molecular formula is C17H23N3O9. The Kier molecular flexibility index (Phi) is 5.78. The van der Waals surface area contributed by atoms with E-state index in [1.165, 1.54) is 12.1 Å². The number of hydrogen-bond donors (Lipinski definition) is 8. The summed E-state index contributed by atoms with van der Waals surface area (Å²) in [5.41, 5.74) is 4.24. The van der Waals surface area contributed by atoms with E-state index in [-0.39, 0.29) is 17.2 Å². The van der Waals surface area contributed by atoms with E-state index >= 15 is 0 Å². The molecule has 0 radical (unpaired) electrons. The van der Waals surface area contributed by atoms with E-state index in [9.17, 15) is 40.3 Å². The van der Waals surface area contributed by atoms with Crippen molar-refractivity contribution in [1.82, 2.24) is 10.4 Å². The first-order chi connectivity index (χ1) is 13.6. The van der Waals surface area contributed by atoms with Crippen LogP contribution in [0.25, 0.3) is 0 Å². The maximum atomic E-state index is 12.4. The number of carboxylic acids is 1. The van der Waals surface area contributed by atoms with Crippen LogP contribution in [0.3, 0.4) is 0 Å². The number of hydroxylamine groups is 2. The summed E-state index contributed by atoms with van der Waals surface area (Å²) in [6, 6.07) is 1.16. The monoisotopic (exact) mass is 413 g/mol. The molecule has 0 spiro atoms. The number of nitrogens with one attached hydrogen (secondary N) is 1. The number of piperidine rings is 1. The molecule has 2 heterocycles. The molecule has 7 unspecified atom stereocenters. The molecule has 3 rings (SSSR count). The first-order valence-electron chi connectivity index (χ1n) is 8.80. The normalized spacial score (nSPS) is 33.8. The maximum absolute atomic E-state index is 12.4. The number of aliphatic hydroxyl groups excluding tert-OH is 2. The molecule has 1 aromatic carbocycles. The van der Waals surface area contributed by atoms with E-state index in [0.717, 1.165) is 0 Å². The Hall–Kier alpha value is -2.32. The van der Waals surface area contributed by atoms with Gasteiger partial charge in [0.05, 0.1) is 18.7 Å². The number of nitrogens with two attached hydrogens (primary N) is 1. The van der Waals surface area contributed by atoms with Crippen molar-refractivity contribution in [2.75, 3.05) is 6.61 Å². The summed E-state index contributed by atoms with van der Waals surface area (Å²) < 4.78 is 5.04. The highest BCUT2D eigenvalue weighted by molar-refractivity contribution is 5.87. The van der Waals surface area contributed by atoms with Crippen molar-refractivity contribution in [3.05, 3.63) is 29.8 Å². The second-order valence-electron chi connectivity index (χ2n) is 7.25. The third-order valence-electron chi connectivity index (χ3n) is 5.30. The van der Waals surface area contributed by atoms with Crippen LogP contribution in [0.5, 0.6) is 5.75 Å². The van der Waals surface area contributed by atoms with Crippen LogP contribution < -0.4 is 11.1 Å². The smallest absolute Gasteiger partial charge is 0.328 e. The van der Waals surface area contributed by atoms with E-state index < -0.39 is 60.6 Å². The van der Waals surface area contributed by atoms with E-state index in [1.807, 2.05) is 0 Å². The molecule has 9 N–H and O–H groups in total. The Morgan fingerprint density at radius 2 is 1.90 bits per heavy atom. The zero-order valence-electron chi connectivity index (χ0n) is 15.1. The van der Waals surface area contributed by atoms with Crippen molar-refractivity contribution in [2.45, 2.75) is 48.6 Å². The van der Waals surface area contributed by atoms with Gasteiger partial charge in [-0.15, -0.1) is 0 Å². The number of aromatic hydroxyl groups is 1. The zero-order chi connectivity index (χ0) is 21.5. The summed E-state index contributed by atoms with van der Waals surface area (Å²) in [7, 11) is 0. The summed E-state index contributed by atoms with van der Waals surface area (Å²) >= 11 is 0. The fourth-order valence-corrected chi connectivity index (χ4v) is 3.60. The molecule has 2 fully saturated rings. The van der Waals surface area contributed by atoms with E-state index in [1.54, 1.807) is 12.1 Å². The standard InChI is InChI=1S/C17H23N3O9/c18-9(5-7-1-3-8(21)4-2-7)14(24)19-10(16(25)26)11-12(22)17(27)6-29-15(13(17)23)20(11)28/h1-4,9-13,15,21-23,27-28H,5-6,18H2,(H,19,24)(H,25,26). The molecule has 1 aromatic rings. The van der Waals surface area contributed by atoms with Gasteiger partial charge in [-0.2, -0.15) is 5.06 Å². The molecule has 1 amide bonds. The van der Waals surface area contributed by atoms with Crippen LogP contribution in [0.4, 0.5) is 0 Å². The van der Waals surface area contributed by atoms with Gasteiger partial charge in [0.1, 0.15) is 29.6 Å². The Morgan fingerprint density at radius 3 is 2.48 bits per heavy atom. The highest BCUT2D eigenvalue weighted by Gasteiger charge is 2.65. The molecule has 2 bridgehead atoms. The van der Waals surface area contributed by atoms with Gasteiger partial charge in [0.25, 0.3) is 0 Å². The number of aliphatic hydroxyl groups is 3. The predicted octanol–water partition coefficient (Wildman–Crippen LogP) is -3.29. The minimum Gasteiger partial charge on any atom is -0.508 e. The number of phenolic OH excluding ortho intramolecular Hbond substituents is 1. The van der Waals surface area contributed by atoms with Crippen molar-refractivity contribution in [1.29, 1.82) is 0 Å². The minimum atomic E-state index is -2.21. The number of aliphatic carboxylic acids is 1. The van der Waals surface area contributed by atoms with Gasteiger partial charge in [0.2, 0.25) is 5.91 Å². The number of rotatable bonds is 6. The van der Waals surface area contributed by atoms with E-state index in [4.69, 9.17) is 10.5 Å². The molecule has 2 saturated heterocycles. The molecule has 2 aliphatic heterocycles. The third-order valence-corrected chi connectivity index (χ3v) is 5.30. The van der Waals surface area contributed by atoms with Gasteiger partial charge in [-0.1, -0.05) is 12.1 Å². The van der Waals surface area contributed by atoms with Gasteiger partial charge < -0.3 is 46.5 Å². The second-order valence-corrected chi connectivity index (χ2v) is 7.25. The average Bonchev–Trinajstić information content (AvgIpc) is 2.93. The van der Waals surface area contributed by atoms with Crippen molar-refractivity contribution in [3.63, 3.8) is 0 Å². The first kappa shape index (κ1) is 21.4. The Balaban J connectivity index is 1.75. The van der Waals surface area contributed by atoms with Crippen LogP contribution in [0.1, 0.15) is 5.56 Å². The van der Waals surface area contributed by atoms with Crippen LogP contribution in [0.15, 0.2) is 24.3 Å². The summed E-state index contributed by atoms with van der Waals surface area (Å²) in [4.78, 5) is 24.2. The molecule has 0 aromatic heterocycles. The SMILES string of the molecule is NC(Cc1ccc(O)cc1)C(=O)NC(C(=O)O)C1C(O)C2(O)COC(C2O)N1O. The summed E-state index contributed by atoms with van der Waals surface area (Å²) in [6.45, 7) is -0.534. The molecule has 29 heavy (non-hydrogen) atoms. The number of phenols is 1. The molecular weight excluding hydrogens is 390 g/mol. The predicted molar refractivity (Wildman–Crippen MR) is 93.5 cm³/mol. The van der Waals surface area contributed by atoms with E-state index in [0.29, 0.717) is 5.56 Å². The van der Waals surface area contributed by atoms with Gasteiger partial charge in [0.15, 0.2) is 6.23 Å². The molecule has 12 nitrogen and oxygen atoms in total. The fraction of sp³-hybridized carbons (Fsp3) is 0.529. The number of benzene rings is 1. The highest BCUT2D eigenvalue weighted by Crippen LogP contribution is 2.38. The Labute approximate surface area is 164 Å². The molecule has 12 heteroatoms. The Morgan fingerprint density at radius 1 is 1.28 bits per heavy atom. The van der Waals surface area contributed by atoms with Crippen LogP contribution in [-0.4, -0.2) is 96.4 Å². The lowest BCUT2D eigenvalue weighted by atomic mass is 9.81. The minimum absolute atomic E-state index is 0.0307. The lowest BCUT2D eigenvalue weighted by Crippen LogP contribution is -2.74. The number of carbonyl (C=O) groups excluding carboxylic acids is 1. The van der Waals surface area contributed by atoms with Gasteiger partial charge in [-0.05, 0) is 24.1 Å². The number of carboxylic acid groups (broad SMARTS) is 1. The lowest BCUT2D eigenvalue weighted by Gasteiger charge is -2.46. The molecule has 2 aliphatic rings. The first-order valence-corrected chi connectivity index (χ1v) is 8.80. The van der Waals surface area contributed by atoms with E-state index in [2.05, 4.69) is 5.32 Å². The quantitative estimate of drug-likeness (QED) is 0.232. The molecule has 7 atom stereocenters. The van der Waals surface area contributed by atoms with Gasteiger partial charge in [0, 0.05) is 0 Å². The third kappa shape index (κ3) is 3.79. The number of ether oxygens (including phenoxy) is 1. The van der Waals surface area contributed by atoms with Crippen LogP contribution in [-0.2, 0) is 20.7 Å². The molecule has 0 aliphatic carbocycles. The van der Waals surface area contributed by atoms with Crippen molar-refractivity contribution >= 4 is 11.9 Å². The van der Waals surface area contributed by atoms with Crippen LogP contribution in [0, 0.1) is 0 Å². The topological polar surface area (TPSA) is 206 Å². The Bertz CT molecular complexity index is 776. The second kappa shape index (κ2) is 7.84. The lowest BCUT2D eigenvalue weighted by molar-refractivity contribution is -0.298. The number of nitrogens with zero attached hydrogens (tertiary/aromatic N) is 1. The number of amides is 1. The molecule has 0 saturated carbocycles. The maximum Gasteiger partial charge on any atom is 0.328 e. The highest BCUT2D eigenvalue weighted by atomic mass is 16.6. The van der Waals surface area contributed by atoms with Crippen LogP contribution >= 0.6 is 0 Å². The summed E-state index contributed by atoms with van der Waals surface area (Å²) in [5, 5.41) is 62.4. The molecule has 160 valence electrons. The fourth-order valence-electron chi connectivity index (χ4n) is 3.60. The largest absolute Gasteiger partial charge is 0.508 e. The summed E-state index contributed by atoms with van der Waals surface area (Å²) in [5.74, 6) is -2.45. The summed E-state index contributed by atoms with van der Waals surface area (Å²) in [6.07, 6.45) is -5.07. The average molecular weight is 413 g/mol. The van der Waals surface area contributed by atoms with Crippen LogP contribution in [0.2, 0.25) is 0 Å². The van der Waals surface area contributed by atoms with Gasteiger partial charge >= 0.3 is 5.97 Å². The number of carbonyl (C=O) groups is 2. The van der Waals surface area contributed by atoms with Crippen molar-refractivity contribution < 1.29 is 45.1 Å². The zero-order valence-corrected chi connectivity index (χ0v) is 15.1. The number of fused-ring (bicyclic) bond motifs is 2. The van der Waals surface area contributed by atoms with Gasteiger partial charge in [-0.3, -0.25) is 4.79 Å². The van der Waals surface area contributed by atoms with Crippen molar-refractivity contribution in [2.24, 2.45) is 5.73 Å². The number of hydrogen-bond acceptors (Lipinski definition) is 10. The van der Waals surface area contributed by atoms with Crippen molar-refractivity contribution in [3.8, 4) is 5.75 Å². The van der Waals surface area contributed by atoms with Gasteiger partial charge in [-0.25, -0.2) is 4.79 Å².